The summed E-state index contributed by atoms with van der Waals surface area (Å²) in [6, 6.07) is 11.2. The van der Waals surface area contributed by atoms with Gasteiger partial charge in [-0.05, 0) is 11.5 Å². The Morgan fingerprint density at radius 1 is 1.00 bits per heavy atom. The summed E-state index contributed by atoms with van der Waals surface area (Å²) in [5.41, 5.74) is 5.96. The molecular formula is C10H11NOS. The maximum Gasteiger partial charge on any atom is 0.146 e. The normalized spacial score (nSPS) is 9.54. The number of hydrogen-bond donors (Lipinski definition) is 2. The van der Waals surface area contributed by atoms with Gasteiger partial charge < -0.3 is 10.8 Å². The third kappa shape index (κ3) is 1.55. The van der Waals surface area contributed by atoms with Gasteiger partial charge in [-0.3, -0.25) is 0 Å². The fourth-order valence-corrected chi connectivity index (χ4v) is 1.27. The van der Waals surface area contributed by atoms with Crippen LogP contribution in [0.3, 0.4) is 0 Å². The van der Waals surface area contributed by atoms with Gasteiger partial charge in [0.05, 0.1) is 5.69 Å². The van der Waals surface area contributed by atoms with E-state index in [2.05, 4.69) is 0 Å². The molecule has 0 amide bonds. The lowest BCUT2D eigenvalue weighted by molar-refractivity contribution is 0.484. The Bertz CT molecular complexity index is 428. The van der Waals surface area contributed by atoms with E-state index in [1.807, 2.05) is 30.3 Å². The van der Waals surface area contributed by atoms with E-state index in [0.29, 0.717) is 5.69 Å². The summed E-state index contributed by atoms with van der Waals surface area (Å²) in [4.78, 5) is 0. The molecule has 0 aromatic heterocycles. The van der Waals surface area contributed by atoms with Crippen LogP contribution in [0.15, 0.2) is 36.4 Å². The lowest BCUT2D eigenvalue weighted by Crippen LogP contribution is -1.85. The predicted molar refractivity (Wildman–Crippen MR) is 60.4 cm³/mol. The van der Waals surface area contributed by atoms with Crippen molar-refractivity contribution < 1.29 is 5.11 Å². The molecule has 0 unspecified atom stereocenters. The largest absolute Gasteiger partial charge is 0.505 e. The van der Waals surface area contributed by atoms with Crippen LogP contribution in [0, 0.1) is 0 Å². The lowest BCUT2D eigenvalue weighted by Gasteiger charge is -2.02. The molecular weight excluding hydrogens is 182 g/mol. The molecule has 0 saturated heterocycles. The zero-order valence-electron chi connectivity index (χ0n) is 6.99. The molecule has 2 aromatic rings. The minimum Gasteiger partial charge on any atom is -0.505 e. The highest BCUT2D eigenvalue weighted by Crippen LogP contribution is 2.29. The van der Waals surface area contributed by atoms with Crippen molar-refractivity contribution in [3.63, 3.8) is 0 Å². The number of rotatable bonds is 0. The van der Waals surface area contributed by atoms with Crippen molar-refractivity contribution in [2.24, 2.45) is 0 Å². The average Bonchev–Trinajstić information content (AvgIpc) is 2.12. The molecule has 0 radical (unpaired) electrons. The van der Waals surface area contributed by atoms with Crippen LogP contribution in [0.5, 0.6) is 5.75 Å². The summed E-state index contributed by atoms with van der Waals surface area (Å²) in [5.74, 6) is 0.174. The fraction of sp³-hybridized carbons (Fsp3) is 0. The van der Waals surface area contributed by atoms with Crippen LogP contribution >= 0.6 is 13.5 Å². The second kappa shape index (κ2) is 3.58. The first kappa shape index (κ1) is 9.74. The molecule has 3 heteroatoms. The van der Waals surface area contributed by atoms with Gasteiger partial charge >= 0.3 is 0 Å². The van der Waals surface area contributed by atoms with Gasteiger partial charge in [-0.25, -0.2) is 0 Å². The SMILES string of the molecule is Nc1ccc2ccccc2c1O.S. The number of benzene rings is 2. The Hall–Kier alpha value is -1.35. The van der Waals surface area contributed by atoms with Crippen molar-refractivity contribution in [3.05, 3.63) is 36.4 Å². The summed E-state index contributed by atoms with van der Waals surface area (Å²) >= 11 is 0. The topological polar surface area (TPSA) is 46.2 Å². The molecule has 3 N–H and O–H groups in total. The van der Waals surface area contributed by atoms with E-state index in [1.54, 1.807) is 6.07 Å². The highest BCUT2D eigenvalue weighted by molar-refractivity contribution is 7.59. The van der Waals surface area contributed by atoms with Gasteiger partial charge in [0.1, 0.15) is 5.75 Å². The quantitative estimate of drug-likeness (QED) is 0.498. The molecule has 0 atom stereocenters. The molecule has 0 fully saturated rings. The second-order valence-electron chi connectivity index (χ2n) is 2.72. The molecule has 0 bridgehead atoms. The van der Waals surface area contributed by atoms with Crippen molar-refractivity contribution >= 4 is 30.0 Å². The molecule has 0 saturated carbocycles. The minimum atomic E-state index is 0. The summed E-state index contributed by atoms with van der Waals surface area (Å²) in [7, 11) is 0. The maximum absolute atomic E-state index is 9.53. The average molecular weight is 193 g/mol. The molecule has 2 rings (SSSR count). The van der Waals surface area contributed by atoms with Crippen molar-refractivity contribution in [1.29, 1.82) is 0 Å². The van der Waals surface area contributed by atoms with Gasteiger partial charge in [-0.2, -0.15) is 13.5 Å². The Labute approximate surface area is 83.4 Å². The third-order valence-electron chi connectivity index (χ3n) is 1.93. The van der Waals surface area contributed by atoms with Gasteiger partial charge in [0.2, 0.25) is 0 Å². The molecule has 68 valence electrons. The van der Waals surface area contributed by atoms with Gasteiger partial charge in [0.25, 0.3) is 0 Å². The molecule has 0 spiro atoms. The van der Waals surface area contributed by atoms with Gasteiger partial charge in [-0.1, -0.05) is 30.3 Å². The molecule has 0 aliphatic carbocycles. The van der Waals surface area contributed by atoms with Crippen molar-refractivity contribution in [1.82, 2.24) is 0 Å². The van der Waals surface area contributed by atoms with E-state index in [0.717, 1.165) is 10.8 Å². The number of phenolic OH excluding ortho intramolecular Hbond substituents is 1. The van der Waals surface area contributed by atoms with Crippen molar-refractivity contribution in [3.8, 4) is 5.75 Å². The monoisotopic (exact) mass is 193 g/mol. The van der Waals surface area contributed by atoms with Gasteiger partial charge in [0, 0.05) is 5.39 Å². The molecule has 13 heavy (non-hydrogen) atoms. The molecule has 0 aliphatic heterocycles. The highest BCUT2D eigenvalue weighted by atomic mass is 32.1. The first-order valence-electron chi connectivity index (χ1n) is 3.75. The van der Waals surface area contributed by atoms with E-state index < -0.39 is 0 Å². The molecule has 2 aromatic carbocycles. The summed E-state index contributed by atoms with van der Waals surface area (Å²) < 4.78 is 0. The summed E-state index contributed by atoms with van der Waals surface area (Å²) in [6.45, 7) is 0. The number of anilines is 1. The fourth-order valence-electron chi connectivity index (χ4n) is 1.27. The van der Waals surface area contributed by atoms with Gasteiger partial charge in [0.15, 0.2) is 0 Å². The van der Waals surface area contributed by atoms with Crippen LogP contribution in [-0.4, -0.2) is 5.11 Å². The number of fused-ring (bicyclic) bond motifs is 1. The molecule has 2 nitrogen and oxygen atoms in total. The summed E-state index contributed by atoms with van der Waals surface area (Å²) in [5, 5.41) is 11.3. The number of hydrogen-bond acceptors (Lipinski definition) is 2. The maximum atomic E-state index is 9.53. The number of phenols is 1. The number of nitrogen functional groups attached to an aromatic ring is 1. The zero-order chi connectivity index (χ0) is 8.55. The smallest absolute Gasteiger partial charge is 0.146 e. The van der Waals surface area contributed by atoms with Crippen molar-refractivity contribution in [2.45, 2.75) is 0 Å². The van der Waals surface area contributed by atoms with Crippen LogP contribution in [0.1, 0.15) is 0 Å². The number of nitrogens with two attached hydrogens (primary N) is 1. The Kier molecular flexibility index (Phi) is 2.68. The van der Waals surface area contributed by atoms with Crippen LogP contribution in [0.4, 0.5) is 5.69 Å². The third-order valence-corrected chi connectivity index (χ3v) is 1.93. The molecule has 0 heterocycles. The van der Waals surface area contributed by atoms with Crippen molar-refractivity contribution in [2.75, 3.05) is 5.73 Å². The first-order valence-corrected chi connectivity index (χ1v) is 3.75. The summed E-state index contributed by atoms with van der Waals surface area (Å²) in [6.07, 6.45) is 0. The van der Waals surface area contributed by atoms with Crippen LogP contribution in [-0.2, 0) is 0 Å². The van der Waals surface area contributed by atoms with E-state index in [9.17, 15) is 5.11 Å². The second-order valence-corrected chi connectivity index (χ2v) is 2.72. The Morgan fingerprint density at radius 2 is 1.69 bits per heavy atom. The Balaban J connectivity index is 0.000000845. The van der Waals surface area contributed by atoms with E-state index in [-0.39, 0.29) is 19.2 Å². The van der Waals surface area contributed by atoms with E-state index >= 15 is 0 Å². The Morgan fingerprint density at radius 3 is 2.46 bits per heavy atom. The predicted octanol–water partition coefficient (Wildman–Crippen LogP) is 2.24. The molecule has 0 aliphatic rings. The highest BCUT2D eigenvalue weighted by Gasteiger charge is 2.00. The number of aromatic hydroxyl groups is 1. The first-order chi connectivity index (χ1) is 5.79. The van der Waals surface area contributed by atoms with Crippen LogP contribution < -0.4 is 5.73 Å². The minimum absolute atomic E-state index is 0. The lowest BCUT2D eigenvalue weighted by atomic mass is 10.1. The van der Waals surface area contributed by atoms with E-state index in [1.165, 1.54) is 0 Å². The zero-order valence-corrected chi connectivity index (χ0v) is 7.99. The van der Waals surface area contributed by atoms with E-state index in [4.69, 9.17) is 5.73 Å². The van der Waals surface area contributed by atoms with Gasteiger partial charge in [-0.15, -0.1) is 0 Å². The standard InChI is InChI=1S/C10H9NO.H2S/c11-9-6-5-7-3-1-2-4-8(7)10(9)12;/h1-6,12H,11H2;1H2. The van der Waals surface area contributed by atoms with Crippen LogP contribution in [0.2, 0.25) is 0 Å². The van der Waals surface area contributed by atoms with Crippen LogP contribution in [0.25, 0.3) is 10.8 Å².